The van der Waals surface area contributed by atoms with Gasteiger partial charge in [0.2, 0.25) is 0 Å². The highest BCUT2D eigenvalue weighted by Crippen LogP contribution is 2.36. The minimum absolute atomic E-state index is 0.0175. The van der Waals surface area contributed by atoms with Gasteiger partial charge in [0, 0.05) is 11.6 Å². The van der Waals surface area contributed by atoms with Crippen LogP contribution in [0.25, 0.3) is 0 Å². The molecule has 0 radical (unpaired) electrons. The summed E-state index contributed by atoms with van der Waals surface area (Å²) in [6.45, 7) is 11.4. The first-order valence-electron chi connectivity index (χ1n) is 7.49. The predicted octanol–water partition coefficient (Wildman–Crippen LogP) is 2.26. The molecule has 0 aliphatic carbocycles. The van der Waals surface area contributed by atoms with Crippen LogP contribution < -0.4 is 10.8 Å². The summed E-state index contributed by atoms with van der Waals surface area (Å²) in [6.07, 6.45) is 0. The van der Waals surface area contributed by atoms with Crippen LogP contribution in [0.2, 0.25) is 0 Å². The van der Waals surface area contributed by atoms with Gasteiger partial charge in [-0.1, -0.05) is 0 Å². The van der Waals surface area contributed by atoms with Gasteiger partial charge in [0.05, 0.1) is 11.2 Å². The molecule has 2 rings (SSSR count). The number of carbonyl (C=O) groups excluding carboxylic acids is 1. The highest BCUT2D eigenvalue weighted by atomic mass is 19.1. The van der Waals surface area contributed by atoms with Crippen LogP contribution in [-0.4, -0.2) is 30.3 Å². The molecule has 0 spiro atoms. The fourth-order valence-corrected chi connectivity index (χ4v) is 2.20. The Morgan fingerprint density at radius 3 is 2.18 bits per heavy atom. The maximum Gasteiger partial charge on any atom is 0.494 e. The van der Waals surface area contributed by atoms with Gasteiger partial charge in [0.25, 0.3) is 5.91 Å². The van der Waals surface area contributed by atoms with Crippen molar-refractivity contribution < 1.29 is 18.5 Å². The molecule has 1 aromatic rings. The topological polar surface area (TPSA) is 47.6 Å². The summed E-state index contributed by atoms with van der Waals surface area (Å²) in [4.78, 5) is 12.1. The van der Waals surface area contributed by atoms with Crippen molar-refractivity contribution >= 4 is 18.5 Å². The van der Waals surface area contributed by atoms with Crippen LogP contribution in [0.3, 0.4) is 0 Å². The Labute approximate surface area is 131 Å². The molecule has 0 saturated carbocycles. The van der Waals surface area contributed by atoms with Crippen molar-refractivity contribution in [3.8, 4) is 0 Å². The first-order chi connectivity index (χ1) is 10.0. The molecule has 0 aromatic heterocycles. The number of hydrogen-bond acceptors (Lipinski definition) is 3. The minimum Gasteiger partial charge on any atom is -0.399 e. The molecule has 120 valence electrons. The van der Waals surface area contributed by atoms with Crippen molar-refractivity contribution in [3.63, 3.8) is 0 Å². The van der Waals surface area contributed by atoms with Gasteiger partial charge in [-0.25, -0.2) is 4.39 Å². The fourth-order valence-electron chi connectivity index (χ4n) is 2.20. The molecule has 1 N–H and O–H groups in total. The Bertz CT molecular complexity index is 571. The van der Waals surface area contributed by atoms with Crippen molar-refractivity contribution in [2.75, 3.05) is 0 Å². The van der Waals surface area contributed by atoms with E-state index in [9.17, 15) is 9.18 Å². The maximum atomic E-state index is 13.9. The van der Waals surface area contributed by atoms with Gasteiger partial charge in [-0.15, -0.1) is 0 Å². The van der Waals surface area contributed by atoms with Crippen LogP contribution in [-0.2, 0) is 9.31 Å². The summed E-state index contributed by atoms with van der Waals surface area (Å²) < 4.78 is 25.7. The molecular formula is C16H23BFNO3. The van der Waals surface area contributed by atoms with Gasteiger partial charge in [-0.05, 0) is 65.2 Å². The number of hydrogen-bond donors (Lipinski definition) is 1. The lowest BCUT2D eigenvalue weighted by Gasteiger charge is -2.32. The zero-order valence-corrected chi connectivity index (χ0v) is 14.0. The Balaban J connectivity index is 2.30. The summed E-state index contributed by atoms with van der Waals surface area (Å²) in [5.41, 5.74) is -0.250. The van der Waals surface area contributed by atoms with Crippen molar-refractivity contribution in [2.24, 2.45) is 0 Å². The maximum absolute atomic E-state index is 13.9. The molecule has 22 heavy (non-hydrogen) atoms. The summed E-state index contributed by atoms with van der Waals surface area (Å²) >= 11 is 0. The van der Waals surface area contributed by atoms with Crippen molar-refractivity contribution in [1.29, 1.82) is 0 Å². The van der Waals surface area contributed by atoms with Crippen LogP contribution in [0, 0.1) is 5.82 Å². The van der Waals surface area contributed by atoms with Crippen LogP contribution in [0.5, 0.6) is 0 Å². The molecule has 0 atom stereocenters. The highest BCUT2D eigenvalue weighted by Gasteiger charge is 2.51. The Kier molecular flexibility index (Phi) is 4.37. The number of amides is 1. The normalized spacial score (nSPS) is 19.5. The lowest BCUT2D eigenvalue weighted by Crippen LogP contribution is -2.41. The Morgan fingerprint density at radius 2 is 1.68 bits per heavy atom. The number of halogens is 1. The van der Waals surface area contributed by atoms with Crippen molar-refractivity contribution in [2.45, 2.75) is 58.8 Å². The van der Waals surface area contributed by atoms with E-state index >= 15 is 0 Å². The SMILES string of the molecule is CC(C)NC(=O)c1cc(F)cc(B2OC(C)(C)C(C)(C)O2)c1. The molecule has 1 aromatic carbocycles. The second kappa shape index (κ2) is 5.67. The third kappa shape index (κ3) is 3.33. The average Bonchev–Trinajstić information content (AvgIpc) is 2.57. The molecule has 1 aliphatic rings. The Hall–Kier alpha value is -1.40. The lowest BCUT2D eigenvalue weighted by molar-refractivity contribution is 0.00578. The van der Waals surface area contributed by atoms with Gasteiger partial charge in [-0.3, -0.25) is 4.79 Å². The predicted molar refractivity (Wildman–Crippen MR) is 84.7 cm³/mol. The van der Waals surface area contributed by atoms with E-state index in [1.807, 2.05) is 41.5 Å². The first-order valence-corrected chi connectivity index (χ1v) is 7.49. The van der Waals surface area contributed by atoms with Crippen molar-refractivity contribution in [1.82, 2.24) is 5.32 Å². The molecule has 1 amide bonds. The van der Waals surface area contributed by atoms with Gasteiger partial charge < -0.3 is 14.6 Å². The molecular weight excluding hydrogens is 284 g/mol. The molecule has 0 unspecified atom stereocenters. The standard InChI is InChI=1S/C16H23BFNO3/c1-10(2)19-14(20)11-7-12(9-13(18)8-11)17-21-15(3,4)16(5,6)22-17/h7-10H,1-6H3,(H,19,20). The summed E-state index contributed by atoms with van der Waals surface area (Å²) in [7, 11) is -0.689. The van der Waals surface area contributed by atoms with Crippen LogP contribution in [0.4, 0.5) is 4.39 Å². The second-order valence-electron chi connectivity index (χ2n) is 6.99. The van der Waals surface area contributed by atoms with E-state index in [0.29, 0.717) is 5.46 Å². The smallest absolute Gasteiger partial charge is 0.399 e. The van der Waals surface area contributed by atoms with E-state index in [4.69, 9.17) is 9.31 Å². The quantitative estimate of drug-likeness (QED) is 0.872. The van der Waals surface area contributed by atoms with Gasteiger partial charge in [0.15, 0.2) is 0 Å². The highest BCUT2D eigenvalue weighted by molar-refractivity contribution is 6.62. The molecule has 1 saturated heterocycles. The van der Waals surface area contributed by atoms with Crippen LogP contribution >= 0.6 is 0 Å². The van der Waals surface area contributed by atoms with Gasteiger partial charge in [0.1, 0.15) is 5.82 Å². The summed E-state index contributed by atoms with van der Waals surface area (Å²) in [6, 6.07) is 4.15. The third-order valence-corrected chi connectivity index (χ3v) is 4.13. The van der Waals surface area contributed by atoms with Crippen LogP contribution in [0.15, 0.2) is 18.2 Å². The second-order valence-corrected chi connectivity index (χ2v) is 6.99. The first kappa shape index (κ1) is 17.0. The summed E-state index contributed by atoms with van der Waals surface area (Å²) in [5, 5.41) is 2.75. The number of benzene rings is 1. The largest absolute Gasteiger partial charge is 0.494 e. The summed E-state index contributed by atoms with van der Waals surface area (Å²) in [5.74, 6) is -0.798. The zero-order valence-electron chi connectivity index (χ0n) is 14.0. The van der Waals surface area contributed by atoms with E-state index < -0.39 is 24.1 Å². The van der Waals surface area contributed by atoms with Crippen molar-refractivity contribution in [3.05, 3.63) is 29.6 Å². The van der Waals surface area contributed by atoms with Gasteiger partial charge >= 0.3 is 7.12 Å². The molecule has 1 fully saturated rings. The van der Waals surface area contributed by atoms with Crippen LogP contribution in [0.1, 0.15) is 51.9 Å². The molecule has 4 nitrogen and oxygen atoms in total. The fraction of sp³-hybridized carbons (Fsp3) is 0.562. The van der Waals surface area contributed by atoms with E-state index in [1.165, 1.54) is 12.1 Å². The number of carbonyl (C=O) groups is 1. The molecule has 0 bridgehead atoms. The van der Waals surface area contributed by atoms with E-state index in [1.54, 1.807) is 6.07 Å². The molecule has 6 heteroatoms. The Morgan fingerprint density at radius 1 is 1.14 bits per heavy atom. The lowest BCUT2D eigenvalue weighted by atomic mass is 9.78. The number of nitrogens with one attached hydrogen (secondary N) is 1. The van der Waals surface area contributed by atoms with E-state index in [-0.39, 0.29) is 17.5 Å². The monoisotopic (exact) mass is 307 g/mol. The third-order valence-electron chi connectivity index (χ3n) is 4.13. The van der Waals surface area contributed by atoms with Gasteiger partial charge in [-0.2, -0.15) is 0 Å². The minimum atomic E-state index is -0.689. The van der Waals surface area contributed by atoms with E-state index in [2.05, 4.69) is 5.32 Å². The van der Waals surface area contributed by atoms with E-state index in [0.717, 1.165) is 0 Å². The molecule has 1 heterocycles. The average molecular weight is 307 g/mol. The number of rotatable bonds is 3. The molecule has 1 aliphatic heterocycles. The zero-order chi connectivity index (χ0) is 16.7.